The number of hydrogen-bond donors (Lipinski definition) is 3. The number of unbranched alkanes of at least 4 members (excludes halogenated alkanes) is 12. The Labute approximate surface area is 154 Å². The van der Waals surface area contributed by atoms with E-state index in [2.05, 4.69) is 12.2 Å². The third-order valence-corrected chi connectivity index (χ3v) is 4.71. The molecule has 3 N–H and O–H groups in total. The van der Waals surface area contributed by atoms with Gasteiger partial charge < -0.3 is 15.5 Å². The number of nitrogens with one attached hydrogen (secondary N) is 1. The lowest BCUT2D eigenvalue weighted by Gasteiger charge is -2.21. The largest absolute Gasteiger partial charge is 0.394 e. The Kier molecular flexibility index (Phi) is 17.0. The van der Waals surface area contributed by atoms with Crippen LogP contribution in [-0.4, -0.2) is 34.9 Å². The van der Waals surface area contributed by atoms with Crippen LogP contribution in [0.3, 0.4) is 0 Å². The van der Waals surface area contributed by atoms with Crippen LogP contribution in [0.15, 0.2) is 0 Å². The van der Waals surface area contributed by atoms with Crippen molar-refractivity contribution in [1.29, 1.82) is 0 Å². The number of hydrogen-bond acceptors (Lipinski definition) is 3. The SMILES string of the molecule is C#CC(=O)N[C@@H](CO)[C@H](O)CCCCCCCCCCCCCCC. The number of carbonyl (C=O) groups excluding carboxylic acids is 1. The summed E-state index contributed by atoms with van der Waals surface area (Å²) < 4.78 is 0. The molecule has 0 aliphatic rings. The molecule has 0 aromatic rings. The van der Waals surface area contributed by atoms with Crippen LogP contribution in [0.1, 0.15) is 96.8 Å². The molecule has 0 aromatic carbocycles. The third-order valence-electron chi connectivity index (χ3n) is 4.71. The van der Waals surface area contributed by atoms with E-state index in [9.17, 15) is 15.0 Å². The van der Waals surface area contributed by atoms with E-state index >= 15 is 0 Å². The van der Waals surface area contributed by atoms with E-state index in [0.29, 0.717) is 6.42 Å². The molecule has 0 unspecified atom stereocenters. The molecule has 146 valence electrons. The molecule has 4 nitrogen and oxygen atoms in total. The number of terminal acetylenes is 1. The number of carbonyl (C=O) groups is 1. The fourth-order valence-electron chi connectivity index (χ4n) is 3.05. The van der Waals surface area contributed by atoms with Crippen LogP contribution < -0.4 is 5.32 Å². The first-order valence-electron chi connectivity index (χ1n) is 10.2. The molecule has 0 spiro atoms. The minimum absolute atomic E-state index is 0.299. The maximum absolute atomic E-state index is 11.1. The zero-order chi connectivity index (χ0) is 18.8. The van der Waals surface area contributed by atoms with Gasteiger partial charge in [-0.05, 0) is 12.3 Å². The van der Waals surface area contributed by atoms with E-state index in [-0.39, 0.29) is 6.61 Å². The smallest absolute Gasteiger partial charge is 0.296 e. The van der Waals surface area contributed by atoms with Crippen molar-refractivity contribution in [2.45, 2.75) is 109 Å². The maximum Gasteiger partial charge on any atom is 0.296 e. The first-order valence-corrected chi connectivity index (χ1v) is 10.2. The highest BCUT2D eigenvalue weighted by Crippen LogP contribution is 2.14. The van der Waals surface area contributed by atoms with Crippen LogP contribution in [0.4, 0.5) is 0 Å². The summed E-state index contributed by atoms with van der Waals surface area (Å²) in [5.74, 6) is 1.34. The highest BCUT2D eigenvalue weighted by molar-refractivity contribution is 5.93. The fourth-order valence-corrected chi connectivity index (χ4v) is 3.05. The molecule has 0 bridgehead atoms. The van der Waals surface area contributed by atoms with Crippen molar-refractivity contribution < 1.29 is 15.0 Å². The fraction of sp³-hybridized carbons (Fsp3) is 0.857. The van der Waals surface area contributed by atoms with Crippen LogP contribution in [0, 0.1) is 12.3 Å². The Balaban J connectivity index is 3.42. The molecule has 25 heavy (non-hydrogen) atoms. The molecule has 0 saturated carbocycles. The van der Waals surface area contributed by atoms with Gasteiger partial charge in [0.25, 0.3) is 5.91 Å². The summed E-state index contributed by atoms with van der Waals surface area (Å²) in [4.78, 5) is 11.1. The predicted octanol–water partition coefficient (Wildman–Crippen LogP) is 3.94. The van der Waals surface area contributed by atoms with Crippen LogP contribution in [0.2, 0.25) is 0 Å². The minimum atomic E-state index is -0.741. The highest BCUT2D eigenvalue weighted by Gasteiger charge is 2.19. The van der Waals surface area contributed by atoms with Crippen molar-refractivity contribution in [2.24, 2.45) is 0 Å². The Morgan fingerprint density at radius 1 is 0.920 bits per heavy atom. The van der Waals surface area contributed by atoms with E-state index < -0.39 is 18.1 Å². The summed E-state index contributed by atoms with van der Waals surface area (Å²) >= 11 is 0. The molecule has 0 heterocycles. The van der Waals surface area contributed by atoms with Crippen LogP contribution in [-0.2, 0) is 4.79 Å². The van der Waals surface area contributed by atoms with E-state index in [0.717, 1.165) is 12.8 Å². The molecule has 4 heteroatoms. The van der Waals surface area contributed by atoms with Gasteiger partial charge in [0.15, 0.2) is 0 Å². The molecule has 0 saturated heterocycles. The van der Waals surface area contributed by atoms with Gasteiger partial charge in [0, 0.05) is 0 Å². The monoisotopic (exact) mass is 353 g/mol. The Bertz CT molecular complexity index is 352. The van der Waals surface area contributed by atoms with Gasteiger partial charge in [-0.15, -0.1) is 6.42 Å². The first kappa shape index (κ1) is 23.9. The van der Waals surface area contributed by atoms with Crippen LogP contribution in [0.25, 0.3) is 0 Å². The van der Waals surface area contributed by atoms with Gasteiger partial charge in [-0.3, -0.25) is 4.79 Å². The number of amides is 1. The minimum Gasteiger partial charge on any atom is -0.394 e. The summed E-state index contributed by atoms with van der Waals surface area (Å²) in [5.41, 5.74) is 0. The topological polar surface area (TPSA) is 69.6 Å². The van der Waals surface area contributed by atoms with Crippen molar-refractivity contribution in [2.75, 3.05) is 6.61 Å². The second-order valence-corrected chi connectivity index (χ2v) is 7.01. The van der Waals surface area contributed by atoms with Crippen LogP contribution in [0.5, 0.6) is 0 Å². The zero-order valence-electron chi connectivity index (χ0n) is 16.1. The molecule has 0 rings (SSSR count). The lowest BCUT2D eigenvalue weighted by atomic mass is 10.0. The molecule has 0 aliphatic heterocycles. The van der Waals surface area contributed by atoms with E-state index in [1.54, 1.807) is 0 Å². The van der Waals surface area contributed by atoms with Gasteiger partial charge in [-0.1, -0.05) is 90.4 Å². The first-order chi connectivity index (χ1) is 12.2. The van der Waals surface area contributed by atoms with Crippen LogP contribution >= 0.6 is 0 Å². The average Bonchev–Trinajstić information content (AvgIpc) is 2.63. The van der Waals surface area contributed by atoms with Crippen molar-refractivity contribution in [3.63, 3.8) is 0 Å². The molecule has 1 amide bonds. The van der Waals surface area contributed by atoms with Crippen molar-refractivity contribution >= 4 is 5.91 Å². The maximum atomic E-state index is 11.1. The van der Waals surface area contributed by atoms with Gasteiger partial charge in [0.2, 0.25) is 0 Å². The van der Waals surface area contributed by atoms with Gasteiger partial charge >= 0.3 is 0 Å². The van der Waals surface area contributed by atoms with E-state index in [1.807, 2.05) is 5.92 Å². The van der Waals surface area contributed by atoms with Crippen molar-refractivity contribution in [3.8, 4) is 12.3 Å². The normalized spacial score (nSPS) is 13.2. The lowest BCUT2D eigenvalue weighted by Crippen LogP contribution is -2.45. The number of aliphatic hydroxyl groups is 2. The van der Waals surface area contributed by atoms with Crippen molar-refractivity contribution in [3.05, 3.63) is 0 Å². The molecular weight excluding hydrogens is 314 g/mol. The second kappa shape index (κ2) is 17.8. The van der Waals surface area contributed by atoms with Gasteiger partial charge in [0.05, 0.1) is 18.8 Å². The molecule has 0 aliphatic carbocycles. The summed E-state index contributed by atoms with van der Waals surface area (Å²) in [5, 5.41) is 21.6. The molecule has 0 fully saturated rings. The Hall–Kier alpha value is -1.05. The summed E-state index contributed by atoms with van der Waals surface area (Å²) in [6, 6.07) is -0.666. The second-order valence-electron chi connectivity index (χ2n) is 7.01. The zero-order valence-corrected chi connectivity index (χ0v) is 16.1. The number of rotatable bonds is 17. The Morgan fingerprint density at radius 3 is 1.76 bits per heavy atom. The molecule has 2 atom stereocenters. The predicted molar refractivity (Wildman–Crippen MR) is 104 cm³/mol. The molecular formula is C21H39NO3. The van der Waals surface area contributed by atoms with Crippen molar-refractivity contribution in [1.82, 2.24) is 5.32 Å². The average molecular weight is 354 g/mol. The third kappa shape index (κ3) is 15.0. The standard InChI is InChI=1S/C21H39NO3/c1-3-5-6-7-8-9-10-11-12-13-14-15-16-17-20(24)19(18-23)22-21(25)4-2/h2,19-20,23-24H,3,5-18H2,1H3,(H,22,25)/t19-,20+/m0/s1. The summed E-state index contributed by atoms with van der Waals surface area (Å²) in [7, 11) is 0. The lowest BCUT2D eigenvalue weighted by molar-refractivity contribution is -0.117. The van der Waals surface area contributed by atoms with E-state index in [1.165, 1.54) is 70.6 Å². The Morgan fingerprint density at radius 2 is 1.36 bits per heavy atom. The number of aliphatic hydroxyl groups excluding tert-OH is 2. The molecule has 0 aromatic heterocycles. The highest BCUT2D eigenvalue weighted by atomic mass is 16.3. The molecule has 0 radical (unpaired) electrons. The van der Waals surface area contributed by atoms with Gasteiger partial charge in [0.1, 0.15) is 0 Å². The summed E-state index contributed by atoms with van der Waals surface area (Å²) in [6.45, 7) is 1.95. The van der Waals surface area contributed by atoms with Gasteiger partial charge in [-0.25, -0.2) is 0 Å². The quantitative estimate of drug-likeness (QED) is 0.274. The summed E-state index contributed by atoms with van der Waals surface area (Å²) in [6.07, 6.45) is 21.5. The van der Waals surface area contributed by atoms with E-state index in [4.69, 9.17) is 6.42 Å². The van der Waals surface area contributed by atoms with Gasteiger partial charge in [-0.2, -0.15) is 0 Å².